The van der Waals surface area contributed by atoms with E-state index in [1.165, 1.54) is 6.42 Å². The maximum atomic E-state index is 12.0. The van der Waals surface area contributed by atoms with Crippen LogP contribution < -0.4 is 10.6 Å². The van der Waals surface area contributed by atoms with E-state index in [1.807, 2.05) is 6.92 Å². The molecule has 1 spiro atoms. The van der Waals surface area contributed by atoms with Crippen LogP contribution in [0.2, 0.25) is 0 Å². The van der Waals surface area contributed by atoms with Crippen LogP contribution in [-0.2, 0) is 4.79 Å². The molecule has 0 aromatic rings. The van der Waals surface area contributed by atoms with Gasteiger partial charge in [-0.25, -0.2) is 0 Å². The first kappa shape index (κ1) is 11.4. The first-order chi connectivity index (χ1) is 7.70. The van der Waals surface area contributed by atoms with Gasteiger partial charge in [-0.1, -0.05) is 26.2 Å². The van der Waals surface area contributed by atoms with Crippen LogP contribution in [0, 0.1) is 5.92 Å². The van der Waals surface area contributed by atoms with E-state index in [0.29, 0.717) is 18.4 Å². The molecule has 2 fully saturated rings. The van der Waals surface area contributed by atoms with E-state index in [1.54, 1.807) is 0 Å². The number of hydrogen-bond acceptors (Lipinski definition) is 2. The van der Waals surface area contributed by atoms with Crippen LogP contribution in [0.25, 0.3) is 0 Å². The van der Waals surface area contributed by atoms with Crippen LogP contribution in [0.4, 0.5) is 0 Å². The smallest absolute Gasteiger partial charge is 0.252 e. The Kier molecular flexibility index (Phi) is 3.17. The summed E-state index contributed by atoms with van der Waals surface area (Å²) < 4.78 is 0. The van der Waals surface area contributed by atoms with Gasteiger partial charge in [0.2, 0.25) is 0 Å². The molecule has 2 unspecified atom stereocenters. The molecule has 2 atom stereocenters. The second-order valence-electron chi connectivity index (χ2n) is 4.85. The molecule has 1 heterocycles. The number of hydrogen-bond donors (Lipinski definition) is 2. The van der Waals surface area contributed by atoms with Crippen LogP contribution in [0.5, 0.6) is 0 Å². The number of guanidine groups is 1. The summed E-state index contributed by atoms with van der Waals surface area (Å²) in [5.74, 6) is 1.47. The van der Waals surface area contributed by atoms with Crippen molar-refractivity contribution in [1.29, 1.82) is 0 Å². The number of nitrogens with one attached hydrogen (secondary N) is 2. The molecule has 4 nitrogen and oxygen atoms in total. The Morgan fingerprint density at radius 1 is 1.50 bits per heavy atom. The molecule has 0 aromatic heterocycles. The number of carbonyl (C=O) groups is 1. The molecular formula is C12H21N3O. The minimum absolute atomic E-state index is 0.123. The Hall–Kier alpha value is -1.06. The predicted octanol–water partition coefficient (Wildman–Crippen LogP) is 1.42. The molecule has 1 aliphatic carbocycles. The minimum atomic E-state index is -0.354. The first-order valence-corrected chi connectivity index (χ1v) is 6.34. The molecule has 2 rings (SSSR count). The summed E-state index contributed by atoms with van der Waals surface area (Å²) in [7, 11) is 0. The van der Waals surface area contributed by atoms with Gasteiger partial charge in [0.05, 0.1) is 0 Å². The van der Waals surface area contributed by atoms with Crippen LogP contribution in [0.3, 0.4) is 0 Å². The molecule has 2 N–H and O–H groups in total. The van der Waals surface area contributed by atoms with Crippen LogP contribution in [0.15, 0.2) is 4.99 Å². The Balaban J connectivity index is 2.13. The van der Waals surface area contributed by atoms with Crippen molar-refractivity contribution in [2.45, 2.75) is 51.5 Å². The molecule has 0 bridgehead atoms. The maximum absolute atomic E-state index is 12.0. The highest BCUT2D eigenvalue weighted by Crippen LogP contribution is 2.35. The molecule has 1 saturated heterocycles. The molecule has 4 heteroatoms. The lowest BCUT2D eigenvalue weighted by atomic mass is 9.75. The molecule has 2 aliphatic rings. The zero-order chi connectivity index (χ0) is 11.6. The van der Waals surface area contributed by atoms with Crippen LogP contribution in [-0.4, -0.2) is 24.0 Å². The number of rotatable bonds is 2. The summed E-state index contributed by atoms with van der Waals surface area (Å²) in [6, 6.07) is 0. The third kappa shape index (κ3) is 1.93. The average molecular weight is 223 g/mol. The van der Waals surface area contributed by atoms with Gasteiger partial charge in [0.15, 0.2) is 5.96 Å². The molecule has 16 heavy (non-hydrogen) atoms. The van der Waals surface area contributed by atoms with E-state index in [2.05, 4.69) is 22.5 Å². The van der Waals surface area contributed by atoms with Crippen LogP contribution >= 0.6 is 0 Å². The molecule has 1 amide bonds. The van der Waals surface area contributed by atoms with E-state index in [0.717, 1.165) is 25.7 Å². The highest BCUT2D eigenvalue weighted by Gasteiger charge is 2.47. The summed E-state index contributed by atoms with van der Waals surface area (Å²) in [6.07, 6.45) is 5.46. The number of nitrogens with zero attached hydrogens (tertiary/aromatic N) is 1. The van der Waals surface area contributed by atoms with E-state index in [9.17, 15) is 4.79 Å². The number of amides is 1. The Morgan fingerprint density at radius 2 is 2.31 bits per heavy atom. The van der Waals surface area contributed by atoms with Gasteiger partial charge in [-0.05, 0) is 25.7 Å². The number of aliphatic imine (C=N–C) groups is 1. The van der Waals surface area contributed by atoms with Crippen molar-refractivity contribution in [2.75, 3.05) is 6.54 Å². The van der Waals surface area contributed by atoms with Crippen molar-refractivity contribution in [2.24, 2.45) is 10.9 Å². The van der Waals surface area contributed by atoms with Gasteiger partial charge in [0.1, 0.15) is 5.54 Å². The summed E-state index contributed by atoms with van der Waals surface area (Å²) in [4.78, 5) is 16.3. The number of carbonyl (C=O) groups excluding carboxylic acids is 1. The molecular weight excluding hydrogens is 202 g/mol. The lowest BCUT2D eigenvalue weighted by Crippen LogP contribution is -2.50. The molecule has 1 aliphatic heterocycles. The van der Waals surface area contributed by atoms with E-state index in [4.69, 9.17) is 0 Å². The van der Waals surface area contributed by atoms with Crippen molar-refractivity contribution >= 4 is 11.9 Å². The van der Waals surface area contributed by atoms with Crippen molar-refractivity contribution in [3.8, 4) is 0 Å². The second kappa shape index (κ2) is 4.44. The largest absolute Gasteiger partial charge is 0.342 e. The first-order valence-electron chi connectivity index (χ1n) is 6.34. The fourth-order valence-corrected chi connectivity index (χ4v) is 2.84. The van der Waals surface area contributed by atoms with Gasteiger partial charge in [-0.15, -0.1) is 0 Å². The normalized spacial score (nSPS) is 36.5. The summed E-state index contributed by atoms with van der Waals surface area (Å²) in [6.45, 7) is 4.88. The SMILES string of the molecule is CCN=C1NC(=O)C2(CCCC(CC)C2)N1. The average Bonchev–Trinajstić information content (AvgIpc) is 2.56. The molecule has 0 radical (unpaired) electrons. The van der Waals surface area contributed by atoms with E-state index >= 15 is 0 Å². The van der Waals surface area contributed by atoms with Crippen LogP contribution in [0.1, 0.15) is 46.0 Å². The Labute approximate surface area is 96.9 Å². The lowest BCUT2D eigenvalue weighted by Gasteiger charge is -2.35. The Bertz CT molecular complexity index is 313. The summed E-state index contributed by atoms with van der Waals surface area (Å²) in [5, 5.41) is 6.17. The topological polar surface area (TPSA) is 53.5 Å². The quantitative estimate of drug-likeness (QED) is 0.744. The van der Waals surface area contributed by atoms with Gasteiger partial charge >= 0.3 is 0 Å². The minimum Gasteiger partial charge on any atom is -0.342 e. The summed E-state index contributed by atoms with van der Waals surface area (Å²) in [5.41, 5.74) is -0.354. The van der Waals surface area contributed by atoms with Gasteiger partial charge in [0, 0.05) is 6.54 Å². The fourth-order valence-electron chi connectivity index (χ4n) is 2.84. The van der Waals surface area contributed by atoms with Gasteiger partial charge in [-0.2, -0.15) is 0 Å². The third-order valence-electron chi connectivity index (χ3n) is 3.77. The van der Waals surface area contributed by atoms with Crippen molar-refractivity contribution in [3.63, 3.8) is 0 Å². The highest BCUT2D eigenvalue weighted by atomic mass is 16.2. The van der Waals surface area contributed by atoms with E-state index in [-0.39, 0.29) is 11.4 Å². The highest BCUT2D eigenvalue weighted by molar-refractivity contribution is 6.09. The molecule has 1 saturated carbocycles. The molecule has 90 valence electrons. The fraction of sp³-hybridized carbons (Fsp3) is 0.833. The summed E-state index contributed by atoms with van der Waals surface area (Å²) >= 11 is 0. The third-order valence-corrected chi connectivity index (χ3v) is 3.77. The monoisotopic (exact) mass is 223 g/mol. The lowest BCUT2D eigenvalue weighted by molar-refractivity contribution is -0.125. The van der Waals surface area contributed by atoms with Crippen molar-refractivity contribution in [3.05, 3.63) is 0 Å². The van der Waals surface area contributed by atoms with Gasteiger partial charge < -0.3 is 5.32 Å². The zero-order valence-electron chi connectivity index (χ0n) is 10.2. The van der Waals surface area contributed by atoms with Crippen molar-refractivity contribution in [1.82, 2.24) is 10.6 Å². The molecule has 0 aromatic carbocycles. The van der Waals surface area contributed by atoms with Gasteiger partial charge in [-0.3, -0.25) is 15.1 Å². The van der Waals surface area contributed by atoms with Crippen molar-refractivity contribution < 1.29 is 4.79 Å². The predicted molar refractivity (Wildman–Crippen MR) is 64.2 cm³/mol. The maximum Gasteiger partial charge on any atom is 0.252 e. The van der Waals surface area contributed by atoms with E-state index < -0.39 is 0 Å². The second-order valence-corrected chi connectivity index (χ2v) is 4.85. The standard InChI is InChI=1S/C12H21N3O/c1-3-9-6-5-7-12(8-9)10(16)14-11(15-12)13-4-2/h9H,3-8H2,1-2H3,(H2,13,14,15,16). The zero-order valence-corrected chi connectivity index (χ0v) is 10.2. The Morgan fingerprint density at radius 3 is 3.00 bits per heavy atom. The van der Waals surface area contributed by atoms with Gasteiger partial charge in [0.25, 0.3) is 5.91 Å².